The van der Waals surface area contributed by atoms with Crippen molar-refractivity contribution < 1.29 is 14.2 Å². The highest BCUT2D eigenvalue weighted by Gasteiger charge is 2.17. The van der Waals surface area contributed by atoms with E-state index in [-0.39, 0.29) is 0 Å². The summed E-state index contributed by atoms with van der Waals surface area (Å²) in [5.41, 5.74) is 3.08. The molecule has 164 valence electrons. The summed E-state index contributed by atoms with van der Waals surface area (Å²) >= 11 is 1.63. The van der Waals surface area contributed by atoms with Gasteiger partial charge in [0.2, 0.25) is 0 Å². The quantitative estimate of drug-likeness (QED) is 0.309. The Bertz CT molecular complexity index is 1160. The standard InChI is InChI=1S/C25H25N3O3S/c1-4-31-22-14-10-20(11-15-22)28-24(19-8-12-21(29-2)13-9-19)26-27-25(28)32-17-18-6-5-7-23(16-18)30-3/h5-16H,4,17H2,1-3H3. The number of nitrogens with zero attached hydrogens (tertiary/aromatic N) is 3. The van der Waals surface area contributed by atoms with Crippen molar-refractivity contribution in [2.75, 3.05) is 20.8 Å². The van der Waals surface area contributed by atoms with E-state index >= 15 is 0 Å². The van der Waals surface area contributed by atoms with Crippen molar-refractivity contribution in [2.24, 2.45) is 0 Å². The van der Waals surface area contributed by atoms with Crippen molar-refractivity contribution in [2.45, 2.75) is 17.8 Å². The molecular formula is C25H25N3O3S. The maximum Gasteiger partial charge on any atom is 0.196 e. The van der Waals surface area contributed by atoms with Crippen LogP contribution in [-0.4, -0.2) is 35.6 Å². The molecule has 0 atom stereocenters. The van der Waals surface area contributed by atoms with E-state index in [2.05, 4.69) is 20.8 Å². The Labute approximate surface area is 192 Å². The number of ether oxygens (including phenoxy) is 3. The summed E-state index contributed by atoms with van der Waals surface area (Å²) in [4.78, 5) is 0. The Kier molecular flexibility index (Phi) is 6.97. The molecule has 0 aliphatic rings. The zero-order valence-electron chi connectivity index (χ0n) is 18.3. The van der Waals surface area contributed by atoms with E-state index in [1.165, 1.54) is 0 Å². The summed E-state index contributed by atoms with van der Waals surface area (Å²) in [7, 11) is 3.33. The fraction of sp³-hybridized carbons (Fsp3) is 0.200. The van der Waals surface area contributed by atoms with E-state index in [0.29, 0.717) is 6.61 Å². The van der Waals surface area contributed by atoms with E-state index in [1.54, 1.807) is 26.0 Å². The molecule has 1 heterocycles. The predicted molar refractivity (Wildman–Crippen MR) is 127 cm³/mol. The van der Waals surface area contributed by atoms with Crippen LogP contribution in [0.4, 0.5) is 0 Å². The SMILES string of the molecule is CCOc1ccc(-n2c(SCc3cccc(OC)c3)nnc2-c2ccc(OC)cc2)cc1. The summed E-state index contributed by atoms with van der Waals surface area (Å²) in [5, 5.41) is 9.84. The van der Waals surface area contributed by atoms with Gasteiger partial charge in [0.15, 0.2) is 11.0 Å². The molecule has 32 heavy (non-hydrogen) atoms. The van der Waals surface area contributed by atoms with Gasteiger partial charge in [-0.2, -0.15) is 0 Å². The Morgan fingerprint density at radius 1 is 0.812 bits per heavy atom. The molecule has 0 aliphatic carbocycles. The maximum atomic E-state index is 5.60. The van der Waals surface area contributed by atoms with Gasteiger partial charge in [-0.15, -0.1) is 10.2 Å². The van der Waals surface area contributed by atoms with E-state index < -0.39 is 0 Å². The summed E-state index contributed by atoms with van der Waals surface area (Å²) in [6.45, 7) is 2.60. The smallest absolute Gasteiger partial charge is 0.196 e. The zero-order chi connectivity index (χ0) is 22.3. The van der Waals surface area contributed by atoms with Crippen molar-refractivity contribution in [1.29, 1.82) is 0 Å². The first-order valence-corrected chi connectivity index (χ1v) is 11.3. The van der Waals surface area contributed by atoms with Crippen LogP contribution in [0.5, 0.6) is 17.2 Å². The highest BCUT2D eigenvalue weighted by atomic mass is 32.2. The minimum atomic E-state index is 0.630. The van der Waals surface area contributed by atoms with Crippen LogP contribution in [0.15, 0.2) is 78.0 Å². The van der Waals surface area contributed by atoms with Crippen LogP contribution in [0.2, 0.25) is 0 Å². The Morgan fingerprint density at radius 3 is 2.22 bits per heavy atom. The van der Waals surface area contributed by atoms with Crippen molar-refractivity contribution in [3.8, 4) is 34.3 Å². The molecule has 0 N–H and O–H groups in total. The molecule has 0 aliphatic heterocycles. The number of methoxy groups -OCH3 is 2. The minimum Gasteiger partial charge on any atom is -0.497 e. The fourth-order valence-corrected chi connectivity index (χ4v) is 4.19. The van der Waals surface area contributed by atoms with Gasteiger partial charge in [0, 0.05) is 17.0 Å². The Morgan fingerprint density at radius 2 is 1.53 bits per heavy atom. The van der Waals surface area contributed by atoms with Crippen molar-refractivity contribution in [3.05, 3.63) is 78.4 Å². The molecule has 4 aromatic rings. The van der Waals surface area contributed by atoms with Gasteiger partial charge < -0.3 is 14.2 Å². The molecule has 0 spiro atoms. The molecule has 0 unspecified atom stereocenters. The third kappa shape index (κ3) is 4.89. The van der Waals surface area contributed by atoms with E-state index in [9.17, 15) is 0 Å². The van der Waals surface area contributed by atoms with Crippen LogP contribution in [0, 0.1) is 0 Å². The molecule has 0 saturated heterocycles. The summed E-state index contributed by atoms with van der Waals surface area (Å²) in [6, 6.07) is 23.9. The third-order valence-electron chi connectivity index (χ3n) is 4.89. The minimum absolute atomic E-state index is 0.630. The lowest BCUT2D eigenvalue weighted by atomic mass is 10.2. The van der Waals surface area contributed by atoms with Gasteiger partial charge in [0.05, 0.1) is 20.8 Å². The van der Waals surface area contributed by atoms with Crippen LogP contribution in [-0.2, 0) is 5.75 Å². The van der Waals surface area contributed by atoms with Gasteiger partial charge in [0.25, 0.3) is 0 Å². The average molecular weight is 448 g/mol. The van der Waals surface area contributed by atoms with Crippen molar-refractivity contribution >= 4 is 11.8 Å². The first-order valence-electron chi connectivity index (χ1n) is 10.3. The average Bonchev–Trinajstić information content (AvgIpc) is 3.27. The van der Waals surface area contributed by atoms with E-state index in [1.807, 2.05) is 73.7 Å². The Balaban J connectivity index is 1.69. The predicted octanol–water partition coefficient (Wildman–Crippen LogP) is 5.64. The monoisotopic (exact) mass is 447 g/mol. The highest BCUT2D eigenvalue weighted by molar-refractivity contribution is 7.98. The molecule has 0 saturated carbocycles. The van der Waals surface area contributed by atoms with Gasteiger partial charge >= 0.3 is 0 Å². The summed E-state index contributed by atoms with van der Waals surface area (Å²) in [5.74, 6) is 3.99. The highest BCUT2D eigenvalue weighted by Crippen LogP contribution is 2.31. The van der Waals surface area contributed by atoms with Crippen LogP contribution in [0.3, 0.4) is 0 Å². The zero-order valence-corrected chi connectivity index (χ0v) is 19.1. The molecular weight excluding hydrogens is 422 g/mol. The molecule has 6 nitrogen and oxygen atoms in total. The molecule has 0 fully saturated rings. The molecule has 4 rings (SSSR count). The second-order valence-electron chi connectivity index (χ2n) is 6.94. The number of benzene rings is 3. The first-order chi connectivity index (χ1) is 15.7. The lowest BCUT2D eigenvalue weighted by Gasteiger charge is -2.12. The number of rotatable bonds is 9. The lowest BCUT2D eigenvalue weighted by Crippen LogP contribution is -2.00. The fourth-order valence-electron chi connectivity index (χ4n) is 3.29. The van der Waals surface area contributed by atoms with Crippen molar-refractivity contribution in [3.63, 3.8) is 0 Å². The van der Waals surface area contributed by atoms with Gasteiger partial charge in [-0.1, -0.05) is 23.9 Å². The second kappa shape index (κ2) is 10.2. The number of hydrogen-bond donors (Lipinski definition) is 0. The van der Waals surface area contributed by atoms with Gasteiger partial charge in [-0.25, -0.2) is 0 Å². The number of thioether (sulfide) groups is 1. The molecule has 7 heteroatoms. The first kappa shape index (κ1) is 21.8. The molecule has 0 bridgehead atoms. The van der Waals surface area contributed by atoms with Crippen LogP contribution in [0.25, 0.3) is 17.1 Å². The molecule has 0 amide bonds. The normalized spacial score (nSPS) is 10.7. The number of aromatic nitrogens is 3. The topological polar surface area (TPSA) is 58.4 Å². The van der Waals surface area contributed by atoms with E-state index in [4.69, 9.17) is 14.2 Å². The van der Waals surface area contributed by atoms with Crippen LogP contribution >= 0.6 is 11.8 Å². The second-order valence-corrected chi connectivity index (χ2v) is 7.88. The van der Waals surface area contributed by atoms with Gasteiger partial charge in [-0.3, -0.25) is 4.57 Å². The molecule has 0 radical (unpaired) electrons. The molecule has 3 aromatic carbocycles. The third-order valence-corrected chi connectivity index (χ3v) is 5.89. The molecule has 1 aromatic heterocycles. The number of hydrogen-bond acceptors (Lipinski definition) is 6. The Hall–Kier alpha value is -3.45. The largest absolute Gasteiger partial charge is 0.497 e. The van der Waals surface area contributed by atoms with Gasteiger partial charge in [-0.05, 0) is 73.2 Å². The summed E-state index contributed by atoms with van der Waals surface area (Å²) < 4.78 is 18.3. The lowest BCUT2D eigenvalue weighted by molar-refractivity contribution is 0.340. The summed E-state index contributed by atoms with van der Waals surface area (Å²) in [6.07, 6.45) is 0. The van der Waals surface area contributed by atoms with Crippen LogP contribution in [0.1, 0.15) is 12.5 Å². The van der Waals surface area contributed by atoms with Gasteiger partial charge in [0.1, 0.15) is 17.2 Å². The van der Waals surface area contributed by atoms with Crippen molar-refractivity contribution in [1.82, 2.24) is 14.8 Å². The van der Waals surface area contributed by atoms with E-state index in [0.717, 1.165) is 50.8 Å². The van der Waals surface area contributed by atoms with Crippen LogP contribution < -0.4 is 14.2 Å². The maximum absolute atomic E-state index is 5.60.